The molecule has 146 valence electrons. The molecule has 29 heavy (non-hydrogen) atoms. The predicted octanol–water partition coefficient (Wildman–Crippen LogP) is 5.00. The number of fused-ring (bicyclic) bond motifs is 1. The molecule has 0 fully saturated rings. The number of aryl methyl sites for hydroxylation is 1. The van der Waals surface area contributed by atoms with Crippen LogP contribution in [-0.2, 0) is 6.18 Å². The standard InChI is InChI=1S/C21H15F3N4O/c1-13-9-14(11-25-10-13)28-19-8-4-7-18(16(19)12-26-28)27-20(29)15-5-2-3-6-17(15)21(22,23)24/h2-12H,1H3,(H,27,29). The van der Waals surface area contributed by atoms with Gasteiger partial charge >= 0.3 is 6.18 Å². The van der Waals surface area contributed by atoms with Gasteiger partial charge in [0.05, 0.1) is 40.4 Å². The second-order valence-corrected chi connectivity index (χ2v) is 6.51. The first-order chi connectivity index (χ1) is 13.8. The van der Waals surface area contributed by atoms with E-state index in [9.17, 15) is 18.0 Å². The zero-order valence-electron chi connectivity index (χ0n) is 15.2. The highest BCUT2D eigenvalue weighted by atomic mass is 19.4. The summed E-state index contributed by atoms with van der Waals surface area (Å²) in [5, 5.41) is 7.54. The Labute approximate surface area is 163 Å². The Morgan fingerprint density at radius 3 is 2.59 bits per heavy atom. The number of carbonyl (C=O) groups is 1. The second-order valence-electron chi connectivity index (χ2n) is 6.51. The van der Waals surface area contributed by atoms with Crippen LogP contribution in [0.25, 0.3) is 16.6 Å². The maximum absolute atomic E-state index is 13.2. The van der Waals surface area contributed by atoms with Crippen LogP contribution in [-0.4, -0.2) is 20.7 Å². The molecule has 1 amide bonds. The molecule has 5 nitrogen and oxygen atoms in total. The van der Waals surface area contributed by atoms with E-state index in [1.54, 1.807) is 35.4 Å². The van der Waals surface area contributed by atoms with Crippen LogP contribution < -0.4 is 5.32 Å². The molecule has 0 unspecified atom stereocenters. The molecule has 0 aliphatic heterocycles. The number of anilines is 1. The Kier molecular flexibility index (Phi) is 4.54. The summed E-state index contributed by atoms with van der Waals surface area (Å²) in [6, 6.07) is 11.7. The average Bonchev–Trinajstić information content (AvgIpc) is 3.12. The van der Waals surface area contributed by atoms with E-state index in [0.29, 0.717) is 16.6 Å². The maximum atomic E-state index is 13.2. The van der Waals surface area contributed by atoms with E-state index in [0.717, 1.165) is 23.4 Å². The number of hydrogen-bond donors (Lipinski definition) is 1. The molecule has 1 N–H and O–H groups in total. The third-order valence-electron chi connectivity index (χ3n) is 4.44. The normalized spacial score (nSPS) is 11.6. The minimum Gasteiger partial charge on any atom is -0.321 e. The lowest BCUT2D eigenvalue weighted by molar-refractivity contribution is -0.137. The van der Waals surface area contributed by atoms with Crippen molar-refractivity contribution in [3.05, 3.63) is 83.8 Å². The summed E-state index contributed by atoms with van der Waals surface area (Å²) in [6.07, 6.45) is 0.315. The molecule has 0 aliphatic rings. The average molecular weight is 396 g/mol. The molecule has 4 aromatic rings. The van der Waals surface area contributed by atoms with Gasteiger partial charge in [-0.2, -0.15) is 18.3 Å². The lowest BCUT2D eigenvalue weighted by Gasteiger charge is -2.13. The quantitative estimate of drug-likeness (QED) is 0.530. The van der Waals surface area contributed by atoms with Crippen molar-refractivity contribution in [2.24, 2.45) is 0 Å². The molecule has 2 aromatic heterocycles. The minimum atomic E-state index is -4.62. The van der Waals surface area contributed by atoms with E-state index < -0.39 is 23.2 Å². The van der Waals surface area contributed by atoms with Gasteiger partial charge in [0.15, 0.2) is 0 Å². The van der Waals surface area contributed by atoms with E-state index >= 15 is 0 Å². The van der Waals surface area contributed by atoms with E-state index in [-0.39, 0.29) is 0 Å². The molecule has 4 rings (SSSR count). The number of benzene rings is 2. The maximum Gasteiger partial charge on any atom is 0.417 e. The second kappa shape index (κ2) is 7.05. The van der Waals surface area contributed by atoms with Gasteiger partial charge in [-0.25, -0.2) is 4.68 Å². The summed E-state index contributed by atoms with van der Waals surface area (Å²) in [5.41, 5.74) is 1.35. The summed E-state index contributed by atoms with van der Waals surface area (Å²) in [6.45, 7) is 1.91. The highest BCUT2D eigenvalue weighted by Crippen LogP contribution is 2.33. The molecule has 0 radical (unpaired) electrons. The fourth-order valence-corrected chi connectivity index (χ4v) is 3.14. The predicted molar refractivity (Wildman–Crippen MR) is 103 cm³/mol. The number of pyridine rings is 1. The topological polar surface area (TPSA) is 59.8 Å². The van der Waals surface area contributed by atoms with Gasteiger partial charge in [0, 0.05) is 11.6 Å². The van der Waals surface area contributed by atoms with Crippen molar-refractivity contribution >= 4 is 22.5 Å². The number of nitrogens with zero attached hydrogens (tertiary/aromatic N) is 3. The van der Waals surface area contributed by atoms with Crippen molar-refractivity contribution in [3.8, 4) is 5.69 Å². The molecule has 2 aromatic carbocycles. The van der Waals surface area contributed by atoms with Crippen molar-refractivity contribution in [2.45, 2.75) is 13.1 Å². The van der Waals surface area contributed by atoms with Crippen LogP contribution in [0.4, 0.5) is 18.9 Å². The van der Waals surface area contributed by atoms with Crippen LogP contribution >= 0.6 is 0 Å². The number of alkyl halides is 3. The molecular weight excluding hydrogens is 381 g/mol. The summed E-state index contributed by atoms with van der Waals surface area (Å²) in [5.74, 6) is -0.838. The Balaban J connectivity index is 1.73. The van der Waals surface area contributed by atoms with Gasteiger partial charge in [-0.1, -0.05) is 18.2 Å². The fraction of sp³-hybridized carbons (Fsp3) is 0.0952. The highest BCUT2D eigenvalue weighted by molar-refractivity contribution is 6.09. The van der Waals surface area contributed by atoms with Crippen LogP contribution in [0.1, 0.15) is 21.5 Å². The molecule has 0 saturated heterocycles. The fourth-order valence-electron chi connectivity index (χ4n) is 3.14. The van der Waals surface area contributed by atoms with Gasteiger partial charge in [-0.3, -0.25) is 9.78 Å². The Bertz CT molecular complexity index is 1210. The number of nitrogens with one attached hydrogen (secondary N) is 1. The zero-order valence-corrected chi connectivity index (χ0v) is 15.2. The van der Waals surface area contributed by atoms with Gasteiger partial charge in [-0.15, -0.1) is 0 Å². The number of carbonyl (C=O) groups excluding carboxylic acids is 1. The van der Waals surface area contributed by atoms with Crippen LogP contribution in [0.15, 0.2) is 67.1 Å². The Morgan fingerprint density at radius 1 is 1.03 bits per heavy atom. The zero-order chi connectivity index (χ0) is 20.6. The number of hydrogen-bond acceptors (Lipinski definition) is 3. The van der Waals surface area contributed by atoms with Crippen LogP contribution in [0.5, 0.6) is 0 Å². The molecule has 0 aliphatic carbocycles. The first-order valence-corrected chi connectivity index (χ1v) is 8.71. The lowest BCUT2D eigenvalue weighted by Crippen LogP contribution is -2.18. The van der Waals surface area contributed by atoms with Crippen LogP contribution in [0.2, 0.25) is 0 Å². The van der Waals surface area contributed by atoms with Crippen molar-refractivity contribution in [1.29, 1.82) is 0 Å². The number of aromatic nitrogens is 3. The third kappa shape index (κ3) is 3.56. The van der Waals surface area contributed by atoms with Crippen molar-refractivity contribution in [1.82, 2.24) is 14.8 Å². The summed E-state index contributed by atoms with van der Waals surface area (Å²) in [7, 11) is 0. The largest absolute Gasteiger partial charge is 0.417 e. The molecule has 8 heteroatoms. The van der Waals surface area contributed by atoms with E-state index in [1.165, 1.54) is 12.1 Å². The monoisotopic (exact) mass is 396 g/mol. The molecule has 0 bridgehead atoms. The van der Waals surface area contributed by atoms with Gasteiger partial charge in [0.1, 0.15) is 0 Å². The van der Waals surface area contributed by atoms with E-state index in [4.69, 9.17) is 0 Å². The smallest absolute Gasteiger partial charge is 0.321 e. The first-order valence-electron chi connectivity index (χ1n) is 8.71. The Morgan fingerprint density at radius 2 is 1.83 bits per heavy atom. The number of amides is 1. The summed E-state index contributed by atoms with van der Waals surface area (Å²) in [4.78, 5) is 16.8. The summed E-state index contributed by atoms with van der Waals surface area (Å²) < 4.78 is 41.3. The van der Waals surface area contributed by atoms with Crippen molar-refractivity contribution in [3.63, 3.8) is 0 Å². The van der Waals surface area contributed by atoms with Gasteiger partial charge < -0.3 is 5.32 Å². The first kappa shape index (κ1) is 18.7. The van der Waals surface area contributed by atoms with Crippen LogP contribution in [0.3, 0.4) is 0 Å². The molecule has 0 atom stereocenters. The lowest BCUT2D eigenvalue weighted by atomic mass is 10.1. The molecule has 2 heterocycles. The van der Waals surface area contributed by atoms with Gasteiger partial charge in [-0.05, 0) is 42.8 Å². The summed E-state index contributed by atoms with van der Waals surface area (Å²) >= 11 is 0. The van der Waals surface area contributed by atoms with E-state index in [2.05, 4.69) is 15.4 Å². The Hall–Kier alpha value is -3.68. The number of halogens is 3. The van der Waals surface area contributed by atoms with Gasteiger partial charge in [0.2, 0.25) is 0 Å². The molecular formula is C21H15F3N4O. The highest BCUT2D eigenvalue weighted by Gasteiger charge is 2.34. The SMILES string of the molecule is Cc1cncc(-n2ncc3c(NC(=O)c4ccccc4C(F)(F)F)cccc32)c1. The molecule has 0 spiro atoms. The van der Waals surface area contributed by atoms with Crippen molar-refractivity contribution in [2.75, 3.05) is 5.32 Å². The number of rotatable bonds is 3. The van der Waals surface area contributed by atoms with Crippen LogP contribution in [0, 0.1) is 6.92 Å². The third-order valence-corrected chi connectivity index (χ3v) is 4.44. The molecule has 0 saturated carbocycles. The van der Waals surface area contributed by atoms with E-state index in [1.807, 2.05) is 19.1 Å². The van der Waals surface area contributed by atoms with Gasteiger partial charge in [0.25, 0.3) is 5.91 Å². The minimum absolute atomic E-state index is 0.372. The van der Waals surface area contributed by atoms with Crippen molar-refractivity contribution < 1.29 is 18.0 Å².